The van der Waals surface area contributed by atoms with E-state index < -0.39 is 5.97 Å². The predicted molar refractivity (Wildman–Crippen MR) is 139 cm³/mol. The highest BCUT2D eigenvalue weighted by Gasteiger charge is 2.44. The fraction of sp³-hybridized carbons (Fsp3) is 0.448. The van der Waals surface area contributed by atoms with Gasteiger partial charge < -0.3 is 24.0 Å². The minimum absolute atomic E-state index is 0.0905. The number of carbonyl (C=O) groups is 2. The SMILES string of the molecule is COc1ccc(/C=C(\NC(=O)c2ccccc2)C(=O)OC[C@@H]2CCC[N@@+]3(C)CCCC[C@@H]23)cc1OC. The van der Waals surface area contributed by atoms with Gasteiger partial charge in [-0.2, -0.15) is 0 Å². The summed E-state index contributed by atoms with van der Waals surface area (Å²) in [5.74, 6) is 0.543. The fourth-order valence-electron chi connectivity index (χ4n) is 5.73. The number of ether oxygens (including phenoxy) is 3. The monoisotopic (exact) mass is 493 g/mol. The largest absolute Gasteiger partial charge is 0.493 e. The highest BCUT2D eigenvalue weighted by Crippen LogP contribution is 2.36. The topological polar surface area (TPSA) is 73.9 Å². The predicted octanol–water partition coefficient (Wildman–Crippen LogP) is 4.43. The number of fused-ring (bicyclic) bond motifs is 1. The normalized spacial score (nSPS) is 23.8. The molecule has 7 nitrogen and oxygen atoms in total. The van der Waals surface area contributed by atoms with Gasteiger partial charge in [-0.15, -0.1) is 0 Å². The standard InChI is InChI=1S/C29H36N2O5/c1-31-16-8-7-13-25(31)23(12-9-17-31)20-36-29(33)24(30-28(32)22-10-5-4-6-11-22)18-21-14-15-26(34-2)27(19-21)35-3/h4-6,10-11,14-15,18-19,23,25H,7-9,12-13,16-17,20H2,1-3H3/p+1/b24-18-/t23-,25-,31+/m0/s1. The lowest BCUT2D eigenvalue weighted by Crippen LogP contribution is -2.61. The van der Waals surface area contributed by atoms with Crippen molar-refractivity contribution < 1.29 is 28.3 Å². The third-order valence-electron chi connectivity index (χ3n) is 7.66. The molecular weight excluding hydrogens is 456 g/mol. The zero-order valence-electron chi connectivity index (χ0n) is 21.5. The molecule has 0 saturated carbocycles. The van der Waals surface area contributed by atoms with E-state index in [4.69, 9.17) is 14.2 Å². The van der Waals surface area contributed by atoms with Crippen molar-refractivity contribution in [1.29, 1.82) is 0 Å². The van der Waals surface area contributed by atoms with Crippen LogP contribution in [0.1, 0.15) is 48.0 Å². The van der Waals surface area contributed by atoms with Crippen molar-refractivity contribution in [3.8, 4) is 11.5 Å². The molecule has 0 aliphatic carbocycles. The molecule has 7 heteroatoms. The lowest BCUT2D eigenvalue weighted by molar-refractivity contribution is -0.947. The van der Waals surface area contributed by atoms with Crippen molar-refractivity contribution in [3.05, 3.63) is 65.4 Å². The van der Waals surface area contributed by atoms with Gasteiger partial charge in [-0.3, -0.25) is 4.79 Å². The van der Waals surface area contributed by atoms with Crippen LogP contribution in [0.2, 0.25) is 0 Å². The van der Waals surface area contributed by atoms with Crippen LogP contribution in [0.4, 0.5) is 0 Å². The summed E-state index contributed by atoms with van der Waals surface area (Å²) < 4.78 is 17.7. The number of nitrogens with zero attached hydrogens (tertiary/aromatic N) is 1. The number of hydrogen-bond donors (Lipinski definition) is 1. The molecule has 0 bridgehead atoms. The van der Waals surface area contributed by atoms with Gasteiger partial charge in [0.05, 0.1) is 40.4 Å². The molecule has 0 aromatic heterocycles. The minimum atomic E-state index is -0.537. The van der Waals surface area contributed by atoms with E-state index in [0.29, 0.717) is 41.2 Å². The Morgan fingerprint density at radius 3 is 2.47 bits per heavy atom. The molecule has 2 heterocycles. The molecule has 0 spiro atoms. The molecule has 2 aliphatic rings. The first-order chi connectivity index (χ1) is 17.4. The van der Waals surface area contributed by atoms with Crippen LogP contribution >= 0.6 is 0 Å². The maximum atomic E-state index is 13.3. The summed E-state index contributed by atoms with van der Waals surface area (Å²) in [6.07, 6.45) is 7.51. The number of rotatable bonds is 8. The van der Waals surface area contributed by atoms with E-state index in [-0.39, 0.29) is 11.6 Å². The second-order valence-corrected chi connectivity index (χ2v) is 9.98. The molecule has 2 aromatic rings. The number of esters is 1. The molecule has 36 heavy (non-hydrogen) atoms. The summed E-state index contributed by atoms with van der Waals surface area (Å²) in [7, 11) is 5.47. The summed E-state index contributed by atoms with van der Waals surface area (Å²) in [5, 5.41) is 2.77. The maximum Gasteiger partial charge on any atom is 0.354 e. The zero-order valence-corrected chi connectivity index (χ0v) is 21.5. The van der Waals surface area contributed by atoms with Crippen LogP contribution in [-0.4, -0.2) is 63.4 Å². The maximum absolute atomic E-state index is 13.3. The van der Waals surface area contributed by atoms with Crippen LogP contribution in [0, 0.1) is 5.92 Å². The Morgan fingerprint density at radius 1 is 0.972 bits per heavy atom. The zero-order chi connectivity index (χ0) is 25.5. The van der Waals surface area contributed by atoms with Gasteiger partial charge >= 0.3 is 5.97 Å². The Labute approximate surface area is 213 Å². The summed E-state index contributed by atoms with van der Waals surface area (Å²) in [5.41, 5.74) is 1.24. The van der Waals surface area contributed by atoms with Crippen molar-refractivity contribution in [3.63, 3.8) is 0 Å². The smallest absolute Gasteiger partial charge is 0.354 e. The van der Waals surface area contributed by atoms with Gasteiger partial charge in [-0.1, -0.05) is 24.3 Å². The third-order valence-corrected chi connectivity index (χ3v) is 7.66. The van der Waals surface area contributed by atoms with E-state index in [1.807, 2.05) is 6.07 Å². The number of carbonyl (C=O) groups excluding carboxylic acids is 2. The Hall–Kier alpha value is -3.32. The van der Waals surface area contributed by atoms with Crippen molar-refractivity contribution in [1.82, 2.24) is 5.32 Å². The molecular formula is C29H37N2O5+. The highest BCUT2D eigenvalue weighted by molar-refractivity contribution is 6.03. The van der Waals surface area contributed by atoms with Crippen molar-refractivity contribution in [2.75, 3.05) is 41.0 Å². The second-order valence-electron chi connectivity index (χ2n) is 9.98. The van der Waals surface area contributed by atoms with Gasteiger partial charge in [-0.05, 0) is 61.6 Å². The summed E-state index contributed by atoms with van der Waals surface area (Å²) in [6.45, 7) is 2.77. The lowest BCUT2D eigenvalue weighted by atomic mass is 9.82. The number of amides is 1. The van der Waals surface area contributed by atoms with Crippen LogP contribution < -0.4 is 14.8 Å². The molecule has 4 rings (SSSR count). The molecule has 2 aromatic carbocycles. The Morgan fingerprint density at radius 2 is 1.72 bits per heavy atom. The first kappa shape index (κ1) is 25.8. The lowest BCUT2D eigenvalue weighted by Gasteiger charge is -2.51. The molecule has 192 valence electrons. The van der Waals surface area contributed by atoms with Crippen LogP contribution in [0.3, 0.4) is 0 Å². The first-order valence-corrected chi connectivity index (χ1v) is 12.7. The number of nitrogens with one attached hydrogen (secondary N) is 1. The van der Waals surface area contributed by atoms with Crippen molar-refractivity contribution in [2.24, 2.45) is 5.92 Å². The van der Waals surface area contributed by atoms with Gasteiger partial charge in [0, 0.05) is 17.9 Å². The third kappa shape index (κ3) is 5.90. The summed E-state index contributed by atoms with van der Waals surface area (Å²) >= 11 is 0. The van der Waals surface area contributed by atoms with Gasteiger partial charge in [0.2, 0.25) is 0 Å². The van der Waals surface area contributed by atoms with E-state index in [1.54, 1.807) is 62.8 Å². The number of quaternary nitrogens is 1. The Kier molecular flexibility index (Phi) is 8.31. The summed E-state index contributed by atoms with van der Waals surface area (Å²) in [4.78, 5) is 26.2. The average Bonchev–Trinajstić information content (AvgIpc) is 2.91. The molecule has 3 atom stereocenters. The van der Waals surface area contributed by atoms with E-state index >= 15 is 0 Å². The Bertz CT molecular complexity index is 1100. The molecule has 2 fully saturated rings. The molecule has 0 radical (unpaired) electrons. The Balaban J connectivity index is 1.54. The quantitative estimate of drug-likeness (QED) is 0.335. The van der Waals surface area contributed by atoms with Crippen molar-refractivity contribution >= 4 is 18.0 Å². The number of methoxy groups -OCH3 is 2. The number of piperidine rings is 2. The van der Waals surface area contributed by atoms with E-state index in [1.165, 1.54) is 32.4 Å². The molecule has 0 unspecified atom stereocenters. The molecule has 1 N–H and O–H groups in total. The molecule has 1 amide bonds. The fourth-order valence-corrected chi connectivity index (χ4v) is 5.73. The first-order valence-electron chi connectivity index (χ1n) is 12.7. The van der Waals surface area contributed by atoms with Gasteiger partial charge in [0.1, 0.15) is 12.3 Å². The van der Waals surface area contributed by atoms with Crippen LogP contribution in [0.5, 0.6) is 11.5 Å². The number of benzene rings is 2. The van der Waals surface area contributed by atoms with Gasteiger partial charge in [0.15, 0.2) is 11.5 Å². The van der Waals surface area contributed by atoms with Crippen LogP contribution in [0.15, 0.2) is 54.2 Å². The summed E-state index contributed by atoms with van der Waals surface area (Å²) in [6, 6.07) is 14.7. The highest BCUT2D eigenvalue weighted by atomic mass is 16.5. The van der Waals surface area contributed by atoms with E-state index in [9.17, 15) is 9.59 Å². The van der Waals surface area contributed by atoms with Gasteiger partial charge in [0.25, 0.3) is 5.91 Å². The average molecular weight is 494 g/mol. The minimum Gasteiger partial charge on any atom is -0.493 e. The van der Waals surface area contributed by atoms with E-state index in [2.05, 4.69) is 12.4 Å². The van der Waals surface area contributed by atoms with Crippen molar-refractivity contribution in [2.45, 2.75) is 38.1 Å². The molecule has 2 saturated heterocycles. The van der Waals surface area contributed by atoms with Crippen LogP contribution in [-0.2, 0) is 9.53 Å². The molecule has 2 aliphatic heterocycles. The number of hydrogen-bond acceptors (Lipinski definition) is 5. The van der Waals surface area contributed by atoms with Gasteiger partial charge in [-0.25, -0.2) is 4.79 Å². The van der Waals surface area contributed by atoms with E-state index in [0.717, 1.165) is 17.3 Å². The van der Waals surface area contributed by atoms with Crippen LogP contribution in [0.25, 0.3) is 6.08 Å². The second kappa shape index (κ2) is 11.6.